The lowest BCUT2D eigenvalue weighted by Crippen LogP contribution is -2.39. The molecule has 2 saturated heterocycles. The highest BCUT2D eigenvalue weighted by Crippen LogP contribution is 2.23. The minimum absolute atomic E-state index is 0.0524. The number of piperidine rings is 1. The molecule has 0 N–H and O–H groups in total. The van der Waals surface area contributed by atoms with Gasteiger partial charge in [-0.2, -0.15) is 0 Å². The standard InChI is InChI=1S/C23H30N4O/c28-23(21-17-22(25-18-24-21)26-12-6-1-2-7-13-26)27-14-10-20(11-15-27)16-19-8-4-3-5-9-19/h3-5,8-9,17-18,20H,1-2,6-7,10-16H2. The molecule has 0 aliphatic carbocycles. The molecule has 2 aliphatic heterocycles. The summed E-state index contributed by atoms with van der Waals surface area (Å²) in [5.74, 6) is 1.61. The van der Waals surface area contributed by atoms with E-state index in [2.05, 4.69) is 45.2 Å². The van der Waals surface area contributed by atoms with E-state index in [1.165, 1.54) is 31.2 Å². The van der Waals surface area contributed by atoms with E-state index in [4.69, 9.17) is 0 Å². The van der Waals surface area contributed by atoms with Crippen LogP contribution in [-0.4, -0.2) is 47.0 Å². The monoisotopic (exact) mass is 378 g/mol. The molecular formula is C23H30N4O. The number of amides is 1. The number of carbonyl (C=O) groups excluding carboxylic acids is 1. The van der Waals surface area contributed by atoms with Gasteiger partial charge in [-0.15, -0.1) is 0 Å². The van der Waals surface area contributed by atoms with Crippen molar-refractivity contribution in [2.75, 3.05) is 31.1 Å². The van der Waals surface area contributed by atoms with Gasteiger partial charge >= 0.3 is 0 Å². The first-order valence-electron chi connectivity index (χ1n) is 10.7. The van der Waals surface area contributed by atoms with Gasteiger partial charge in [0.2, 0.25) is 0 Å². The van der Waals surface area contributed by atoms with Crippen molar-refractivity contribution < 1.29 is 4.79 Å². The van der Waals surface area contributed by atoms with Crippen LogP contribution in [0.2, 0.25) is 0 Å². The summed E-state index contributed by atoms with van der Waals surface area (Å²) in [6, 6.07) is 12.6. The van der Waals surface area contributed by atoms with Crippen molar-refractivity contribution in [3.05, 3.63) is 54.0 Å². The van der Waals surface area contributed by atoms with Gasteiger partial charge in [0, 0.05) is 32.2 Å². The molecule has 1 aromatic carbocycles. The average molecular weight is 379 g/mol. The second-order valence-corrected chi connectivity index (χ2v) is 8.09. The summed E-state index contributed by atoms with van der Waals surface area (Å²) in [6.45, 7) is 3.68. The highest BCUT2D eigenvalue weighted by atomic mass is 16.2. The van der Waals surface area contributed by atoms with Crippen LogP contribution in [0, 0.1) is 5.92 Å². The molecule has 3 heterocycles. The summed E-state index contributed by atoms with van der Waals surface area (Å²) in [4.78, 5) is 26.0. The molecule has 0 bridgehead atoms. The largest absolute Gasteiger partial charge is 0.357 e. The van der Waals surface area contributed by atoms with Crippen molar-refractivity contribution in [2.45, 2.75) is 44.9 Å². The maximum absolute atomic E-state index is 13.0. The molecule has 0 radical (unpaired) electrons. The Morgan fingerprint density at radius 2 is 1.64 bits per heavy atom. The second kappa shape index (κ2) is 9.18. The summed E-state index contributed by atoms with van der Waals surface area (Å²) in [5, 5.41) is 0. The first-order chi connectivity index (χ1) is 13.8. The fourth-order valence-electron chi connectivity index (χ4n) is 4.39. The summed E-state index contributed by atoms with van der Waals surface area (Å²) in [6.07, 6.45) is 9.74. The lowest BCUT2D eigenvalue weighted by Gasteiger charge is -2.32. The quantitative estimate of drug-likeness (QED) is 0.808. The number of rotatable bonds is 4. The number of hydrogen-bond donors (Lipinski definition) is 0. The SMILES string of the molecule is O=C(c1cc(N2CCCCCC2)ncn1)N1CCC(Cc2ccccc2)CC1. The van der Waals surface area contributed by atoms with Gasteiger partial charge in [0.05, 0.1) is 0 Å². The van der Waals surface area contributed by atoms with Crippen LogP contribution in [0.25, 0.3) is 0 Å². The predicted molar refractivity (Wildman–Crippen MR) is 111 cm³/mol. The van der Waals surface area contributed by atoms with Crippen LogP contribution in [0.15, 0.2) is 42.7 Å². The van der Waals surface area contributed by atoms with Gasteiger partial charge < -0.3 is 9.80 Å². The zero-order chi connectivity index (χ0) is 19.2. The Morgan fingerprint density at radius 3 is 2.36 bits per heavy atom. The Hall–Kier alpha value is -2.43. The predicted octanol–water partition coefficient (Wildman–Crippen LogP) is 3.95. The number of likely N-dealkylation sites (tertiary alicyclic amines) is 1. The number of nitrogens with zero attached hydrogens (tertiary/aromatic N) is 4. The fraction of sp³-hybridized carbons (Fsp3) is 0.522. The lowest BCUT2D eigenvalue weighted by atomic mass is 9.90. The van der Waals surface area contributed by atoms with Crippen molar-refractivity contribution >= 4 is 11.7 Å². The van der Waals surface area contributed by atoms with Crippen molar-refractivity contribution in [3.8, 4) is 0 Å². The third-order valence-electron chi connectivity index (χ3n) is 6.07. The minimum Gasteiger partial charge on any atom is -0.357 e. The van der Waals surface area contributed by atoms with Gasteiger partial charge in [0.15, 0.2) is 0 Å². The molecule has 2 aromatic rings. The Morgan fingerprint density at radius 1 is 0.929 bits per heavy atom. The van der Waals surface area contributed by atoms with E-state index in [9.17, 15) is 4.79 Å². The van der Waals surface area contributed by atoms with E-state index in [-0.39, 0.29) is 5.91 Å². The van der Waals surface area contributed by atoms with Gasteiger partial charge in [-0.25, -0.2) is 9.97 Å². The smallest absolute Gasteiger partial charge is 0.272 e. The minimum atomic E-state index is 0.0524. The van der Waals surface area contributed by atoms with Gasteiger partial charge in [0.1, 0.15) is 17.8 Å². The van der Waals surface area contributed by atoms with Crippen molar-refractivity contribution in [3.63, 3.8) is 0 Å². The highest BCUT2D eigenvalue weighted by molar-refractivity contribution is 5.93. The zero-order valence-electron chi connectivity index (χ0n) is 16.6. The van der Waals surface area contributed by atoms with Gasteiger partial charge in [0.25, 0.3) is 5.91 Å². The van der Waals surface area contributed by atoms with E-state index in [0.29, 0.717) is 11.6 Å². The molecule has 0 unspecified atom stereocenters. The Kier molecular flexibility index (Phi) is 6.20. The Bertz CT molecular complexity index is 763. The summed E-state index contributed by atoms with van der Waals surface area (Å²) < 4.78 is 0. The van der Waals surface area contributed by atoms with Crippen molar-refractivity contribution in [2.24, 2.45) is 5.92 Å². The number of anilines is 1. The van der Waals surface area contributed by atoms with Crippen LogP contribution >= 0.6 is 0 Å². The molecule has 1 amide bonds. The number of carbonyl (C=O) groups is 1. The van der Waals surface area contributed by atoms with E-state index >= 15 is 0 Å². The molecule has 0 saturated carbocycles. The zero-order valence-corrected chi connectivity index (χ0v) is 16.6. The van der Waals surface area contributed by atoms with Crippen LogP contribution < -0.4 is 4.90 Å². The molecule has 0 spiro atoms. The first-order valence-corrected chi connectivity index (χ1v) is 10.7. The molecule has 148 valence electrons. The van der Waals surface area contributed by atoms with Crippen molar-refractivity contribution in [1.82, 2.24) is 14.9 Å². The maximum atomic E-state index is 13.0. The fourth-order valence-corrected chi connectivity index (χ4v) is 4.39. The number of benzene rings is 1. The molecule has 5 nitrogen and oxygen atoms in total. The average Bonchev–Trinajstić information content (AvgIpc) is 3.04. The van der Waals surface area contributed by atoms with Crippen LogP contribution in [0.1, 0.15) is 54.6 Å². The van der Waals surface area contributed by atoms with Crippen LogP contribution in [-0.2, 0) is 6.42 Å². The molecule has 2 aliphatic rings. The van der Waals surface area contributed by atoms with E-state index in [0.717, 1.165) is 51.3 Å². The summed E-state index contributed by atoms with van der Waals surface area (Å²) in [7, 11) is 0. The number of hydrogen-bond acceptors (Lipinski definition) is 4. The molecule has 4 rings (SSSR count). The summed E-state index contributed by atoms with van der Waals surface area (Å²) >= 11 is 0. The normalized spacial score (nSPS) is 18.7. The topological polar surface area (TPSA) is 49.3 Å². The van der Waals surface area contributed by atoms with E-state index in [1.54, 1.807) is 6.33 Å². The third-order valence-corrected chi connectivity index (χ3v) is 6.07. The lowest BCUT2D eigenvalue weighted by molar-refractivity contribution is 0.0684. The van der Waals surface area contributed by atoms with Crippen LogP contribution in [0.4, 0.5) is 5.82 Å². The molecule has 1 aromatic heterocycles. The van der Waals surface area contributed by atoms with Gasteiger partial charge in [-0.1, -0.05) is 43.2 Å². The van der Waals surface area contributed by atoms with Crippen LogP contribution in [0.5, 0.6) is 0 Å². The Balaban J connectivity index is 1.35. The molecule has 0 atom stereocenters. The van der Waals surface area contributed by atoms with Gasteiger partial charge in [-0.3, -0.25) is 4.79 Å². The third kappa shape index (κ3) is 4.70. The van der Waals surface area contributed by atoms with E-state index < -0.39 is 0 Å². The van der Waals surface area contributed by atoms with E-state index in [1.807, 2.05) is 11.0 Å². The first kappa shape index (κ1) is 18.9. The molecular weight excluding hydrogens is 348 g/mol. The maximum Gasteiger partial charge on any atom is 0.272 e. The molecule has 28 heavy (non-hydrogen) atoms. The summed E-state index contributed by atoms with van der Waals surface area (Å²) in [5.41, 5.74) is 1.93. The van der Waals surface area contributed by atoms with Crippen molar-refractivity contribution in [1.29, 1.82) is 0 Å². The van der Waals surface area contributed by atoms with Gasteiger partial charge in [-0.05, 0) is 43.6 Å². The van der Waals surface area contributed by atoms with Crippen LogP contribution in [0.3, 0.4) is 0 Å². The second-order valence-electron chi connectivity index (χ2n) is 8.09. The molecule has 2 fully saturated rings. The number of aromatic nitrogens is 2. The highest BCUT2D eigenvalue weighted by Gasteiger charge is 2.25. The molecule has 5 heteroatoms. The Labute approximate surface area is 167 Å².